The molecule has 0 N–H and O–H groups in total. The number of ketones is 1. The van der Waals surface area contributed by atoms with Gasteiger partial charge in [0.05, 0.1) is 18.1 Å². The van der Waals surface area contributed by atoms with Crippen molar-refractivity contribution < 1.29 is 23.9 Å². The zero-order valence-electron chi connectivity index (χ0n) is 16.6. The molecule has 1 aromatic heterocycles. The molecule has 0 saturated heterocycles. The molecule has 5 nitrogen and oxygen atoms in total. The number of thiophene rings is 1. The third kappa shape index (κ3) is 4.78. The third-order valence-corrected chi connectivity index (χ3v) is 6.22. The van der Waals surface area contributed by atoms with Gasteiger partial charge in [0, 0.05) is 22.1 Å². The molecular formula is C21H28O5S. The topological polar surface area (TPSA) is 69.7 Å². The van der Waals surface area contributed by atoms with E-state index in [1.165, 1.54) is 0 Å². The molecule has 148 valence electrons. The molecule has 2 aliphatic carbocycles. The molecule has 1 unspecified atom stereocenters. The van der Waals surface area contributed by atoms with Gasteiger partial charge in [-0.25, -0.2) is 4.79 Å². The lowest BCUT2D eigenvalue weighted by Crippen LogP contribution is -2.28. The lowest BCUT2D eigenvalue weighted by molar-refractivity contribution is -0.148. The van der Waals surface area contributed by atoms with E-state index < -0.39 is 5.60 Å². The van der Waals surface area contributed by atoms with Gasteiger partial charge in [0.2, 0.25) is 0 Å². The van der Waals surface area contributed by atoms with Crippen LogP contribution < -0.4 is 0 Å². The van der Waals surface area contributed by atoms with Gasteiger partial charge < -0.3 is 9.47 Å². The van der Waals surface area contributed by atoms with Crippen molar-refractivity contribution in [1.29, 1.82) is 0 Å². The molecule has 0 bridgehead atoms. The fraction of sp³-hybridized carbons (Fsp3) is 0.667. The maximum Gasteiger partial charge on any atom is 0.340 e. The molecule has 0 amide bonds. The SMILES string of the molecule is CCOC(=O)C1CCc2sc(CC(=O)C3CC3)c(C(=O)OC(C)(C)C)c2C1. The summed E-state index contributed by atoms with van der Waals surface area (Å²) in [4.78, 5) is 39.4. The second-order valence-corrected chi connectivity index (χ2v) is 9.60. The van der Waals surface area contributed by atoms with E-state index >= 15 is 0 Å². The minimum Gasteiger partial charge on any atom is -0.466 e. The number of Topliss-reactive ketones (excluding diaryl/α,β-unsaturated/α-hetero) is 1. The first-order chi connectivity index (χ1) is 12.7. The standard InChI is InChI=1S/C21H28O5S/c1-5-25-19(23)13-8-9-16-14(10-13)18(20(24)26-21(2,3)4)17(27-16)11-15(22)12-6-7-12/h12-13H,5-11H2,1-4H3. The Morgan fingerprint density at radius 3 is 2.41 bits per heavy atom. The number of carbonyl (C=O) groups is 3. The van der Waals surface area contributed by atoms with Gasteiger partial charge in [-0.15, -0.1) is 11.3 Å². The monoisotopic (exact) mass is 392 g/mol. The van der Waals surface area contributed by atoms with E-state index in [0.29, 0.717) is 25.0 Å². The van der Waals surface area contributed by atoms with Crippen molar-refractivity contribution in [3.8, 4) is 0 Å². The van der Waals surface area contributed by atoms with E-state index in [1.807, 2.05) is 20.8 Å². The number of ether oxygens (including phenoxy) is 2. The van der Waals surface area contributed by atoms with E-state index in [4.69, 9.17) is 9.47 Å². The maximum absolute atomic E-state index is 12.9. The van der Waals surface area contributed by atoms with Gasteiger partial charge in [-0.3, -0.25) is 9.59 Å². The Morgan fingerprint density at radius 1 is 1.11 bits per heavy atom. The lowest BCUT2D eigenvalue weighted by atomic mass is 9.85. The summed E-state index contributed by atoms with van der Waals surface area (Å²) in [7, 11) is 0. The molecule has 0 aliphatic heterocycles. The van der Waals surface area contributed by atoms with Crippen molar-refractivity contribution in [3.63, 3.8) is 0 Å². The fourth-order valence-corrected chi connectivity index (χ4v) is 4.85. The number of hydrogen-bond donors (Lipinski definition) is 0. The van der Waals surface area contributed by atoms with Gasteiger partial charge in [0.15, 0.2) is 0 Å². The molecule has 1 saturated carbocycles. The van der Waals surface area contributed by atoms with Crippen molar-refractivity contribution >= 4 is 29.1 Å². The maximum atomic E-state index is 12.9. The van der Waals surface area contributed by atoms with E-state index in [-0.39, 0.29) is 29.6 Å². The Morgan fingerprint density at radius 2 is 1.81 bits per heavy atom. The van der Waals surface area contributed by atoms with Crippen LogP contribution in [-0.2, 0) is 38.3 Å². The third-order valence-electron chi connectivity index (χ3n) is 4.92. The van der Waals surface area contributed by atoms with Crippen molar-refractivity contribution in [2.24, 2.45) is 11.8 Å². The second kappa shape index (κ2) is 7.74. The summed E-state index contributed by atoms with van der Waals surface area (Å²) in [5.74, 6) is -0.466. The summed E-state index contributed by atoms with van der Waals surface area (Å²) < 4.78 is 10.8. The predicted molar refractivity (Wildman–Crippen MR) is 103 cm³/mol. The number of carbonyl (C=O) groups excluding carboxylic acids is 3. The summed E-state index contributed by atoms with van der Waals surface area (Å²) in [6.07, 6.45) is 4.14. The minimum atomic E-state index is -0.612. The van der Waals surface area contributed by atoms with Gasteiger partial charge in [-0.05, 0) is 65.4 Å². The Bertz CT molecular complexity index is 751. The number of aryl methyl sites for hydroxylation is 1. The van der Waals surface area contributed by atoms with Crippen LogP contribution in [0.5, 0.6) is 0 Å². The van der Waals surface area contributed by atoms with Crippen LogP contribution in [0, 0.1) is 11.8 Å². The van der Waals surface area contributed by atoms with Gasteiger partial charge in [0.25, 0.3) is 0 Å². The first-order valence-electron chi connectivity index (χ1n) is 9.75. The lowest BCUT2D eigenvalue weighted by Gasteiger charge is -2.23. The molecular weight excluding hydrogens is 364 g/mol. The quantitative estimate of drug-likeness (QED) is 0.687. The Kier molecular flexibility index (Phi) is 5.75. The Balaban J connectivity index is 1.91. The molecule has 6 heteroatoms. The highest BCUT2D eigenvalue weighted by Gasteiger charge is 2.36. The number of esters is 2. The van der Waals surface area contributed by atoms with Crippen molar-refractivity contribution in [1.82, 2.24) is 0 Å². The van der Waals surface area contributed by atoms with Crippen LogP contribution in [0.15, 0.2) is 0 Å². The van der Waals surface area contributed by atoms with E-state index in [1.54, 1.807) is 18.3 Å². The fourth-order valence-electron chi connectivity index (χ4n) is 3.50. The predicted octanol–water partition coefficient (Wildman–Crippen LogP) is 3.89. The normalized spacial score (nSPS) is 19.3. The van der Waals surface area contributed by atoms with Crippen LogP contribution in [-0.4, -0.2) is 29.9 Å². The number of rotatable bonds is 6. The summed E-state index contributed by atoms with van der Waals surface area (Å²) in [6.45, 7) is 7.65. The van der Waals surface area contributed by atoms with Crippen LogP contribution in [0.2, 0.25) is 0 Å². The van der Waals surface area contributed by atoms with Crippen molar-refractivity contribution in [2.75, 3.05) is 6.61 Å². The molecule has 1 atom stereocenters. The highest BCUT2D eigenvalue weighted by atomic mass is 32.1. The highest BCUT2D eigenvalue weighted by Crippen LogP contribution is 2.40. The molecule has 0 aromatic carbocycles. The Labute approximate surface area is 164 Å². The molecule has 0 spiro atoms. The number of fused-ring (bicyclic) bond motifs is 1. The van der Waals surface area contributed by atoms with Crippen LogP contribution in [0.25, 0.3) is 0 Å². The first-order valence-corrected chi connectivity index (χ1v) is 10.6. The Hall–Kier alpha value is -1.69. The van der Waals surface area contributed by atoms with Crippen LogP contribution >= 0.6 is 11.3 Å². The van der Waals surface area contributed by atoms with E-state index in [0.717, 1.165) is 41.0 Å². The van der Waals surface area contributed by atoms with Crippen LogP contribution in [0.4, 0.5) is 0 Å². The zero-order chi connectivity index (χ0) is 19.8. The summed E-state index contributed by atoms with van der Waals surface area (Å²) in [5.41, 5.74) is 0.795. The highest BCUT2D eigenvalue weighted by molar-refractivity contribution is 7.12. The van der Waals surface area contributed by atoms with Gasteiger partial charge >= 0.3 is 11.9 Å². The minimum absolute atomic E-state index is 0.155. The van der Waals surface area contributed by atoms with Gasteiger partial charge in [-0.1, -0.05) is 0 Å². The molecule has 3 rings (SSSR count). The van der Waals surface area contributed by atoms with Crippen molar-refractivity contribution in [3.05, 3.63) is 20.9 Å². The number of hydrogen-bond acceptors (Lipinski definition) is 6. The van der Waals surface area contributed by atoms with E-state index in [9.17, 15) is 14.4 Å². The summed E-state index contributed by atoms with van der Waals surface area (Å²) >= 11 is 1.54. The smallest absolute Gasteiger partial charge is 0.340 e. The average Bonchev–Trinajstić information content (AvgIpc) is 3.34. The van der Waals surface area contributed by atoms with E-state index in [2.05, 4.69) is 0 Å². The van der Waals surface area contributed by atoms with Gasteiger partial charge in [0.1, 0.15) is 11.4 Å². The van der Waals surface area contributed by atoms with Crippen molar-refractivity contribution in [2.45, 2.75) is 71.8 Å². The molecule has 0 radical (unpaired) electrons. The zero-order valence-corrected chi connectivity index (χ0v) is 17.4. The average molecular weight is 393 g/mol. The van der Waals surface area contributed by atoms with Gasteiger partial charge in [-0.2, -0.15) is 0 Å². The molecule has 2 aliphatic rings. The molecule has 1 fully saturated rings. The molecule has 1 aromatic rings. The summed E-state index contributed by atoms with van der Waals surface area (Å²) in [5, 5.41) is 0. The first kappa shape index (κ1) is 20.1. The largest absolute Gasteiger partial charge is 0.466 e. The van der Waals surface area contributed by atoms with Crippen LogP contribution in [0.3, 0.4) is 0 Å². The molecule has 27 heavy (non-hydrogen) atoms. The molecule has 1 heterocycles. The van der Waals surface area contributed by atoms with Crippen LogP contribution in [0.1, 0.15) is 72.6 Å². The second-order valence-electron chi connectivity index (χ2n) is 8.41. The summed E-state index contributed by atoms with van der Waals surface area (Å²) in [6, 6.07) is 0.